The molecule has 1 saturated carbocycles. The normalized spacial score (nSPS) is 25.3. The van der Waals surface area contributed by atoms with Gasteiger partial charge in [-0.3, -0.25) is 4.90 Å². The first-order chi connectivity index (χ1) is 13.0. The van der Waals surface area contributed by atoms with Crippen LogP contribution in [0.3, 0.4) is 0 Å². The van der Waals surface area contributed by atoms with Gasteiger partial charge in [0.1, 0.15) is 12.5 Å². The van der Waals surface area contributed by atoms with Crippen LogP contribution >= 0.6 is 0 Å². The summed E-state index contributed by atoms with van der Waals surface area (Å²) in [5, 5.41) is 38.2. The van der Waals surface area contributed by atoms with E-state index in [4.69, 9.17) is 5.21 Å². The van der Waals surface area contributed by atoms with Gasteiger partial charge in [-0.05, 0) is 74.1 Å². The molecular weight excluding hydrogens is 344 g/mol. The summed E-state index contributed by atoms with van der Waals surface area (Å²) < 4.78 is 0. The Morgan fingerprint density at radius 3 is 2.63 bits per heavy atom. The number of nitrogens with zero attached hydrogens (tertiary/aromatic N) is 1. The molecule has 5 unspecified atom stereocenters. The number of rotatable bonds is 9. The second-order valence-electron chi connectivity index (χ2n) is 7.95. The summed E-state index contributed by atoms with van der Waals surface area (Å²) in [5.41, 5.74) is 5.64. The first-order valence-electron chi connectivity index (χ1n) is 9.92. The van der Waals surface area contributed by atoms with Crippen molar-refractivity contribution in [3.05, 3.63) is 41.5 Å². The van der Waals surface area contributed by atoms with Gasteiger partial charge in [-0.1, -0.05) is 30.3 Å². The zero-order chi connectivity index (χ0) is 19.4. The van der Waals surface area contributed by atoms with Crippen LogP contribution in [-0.2, 0) is 6.42 Å². The van der Waals surface area contributed by atoms with Crippen LogP contribution in [0.15, 0.2) is 30.3 Å². The van der Waals surface area contributed by atoms with E-state index in [-0.39, 0.29) is 6.61 Å². The van der Waals surface area contributed by atoms with Crippen LogP contribution in [0.1, 0.15) is 43.2 Å². The van der Waals surface area contributed by atoms with Crippen LogP contribution in [0, 0.1) is 11.8 Å². The number of hydrogen-bond acceptors (Lipinski definition) is 6. The van der Waals surface area contributed by atoms with Crippen LogP contribution in [0.2, 0.25) is 0 Å². The van der Waals surface area contributed by atoms with Crippen molar-refractivity contribution in [2.45, 2.75) is 57.0 Å². The van der Waals surface area contributed by atoms with Gasteiger partial charge in [0.2, 0.25) is 0 Å². The van der Waals surface area contributed by atoms with Crippen LogP contribution in [0.5, 0.6) is 0 Å². The Hall–Kier alpha value is -1.28. The van der Waals surface area contributed by atoms with Crippen molar-refractivity contribution in [3.8, 4) is 0 Å². The fourth-order valence-corrected chi connectivity index (χ4v) is 4.09. The van der Waals surface area contributed by atoms with E-state index >= 15 is 0 Å². The smallest absolute Gasteiger partial charge is 0.144 e. The molecule has 2 aliphatic carbocycles. The molecule has 27 heavy (non-hydrogen) atoms. The van der Waals surface area contributed by atoms with Gasteiger partial charge >= 0.3 is 0 Å². The fraction of sp³-hybridized carbons (Fsp3) is 0.619. The van der Waals surface area contributed by atoms with E-state index in [1.54, 1.807) is 12.5 Å². The molecule has 0 radical (unpaired) electrons. The maximum absolute atomic E-state index is 10.3. The number of benzene rings is 1. The van der Waals surface area contributed by atoms with Crippen molar-refractivity contribution in [3.63, 3.8) is 0 Å². The van der Waals surface area contributed by atoms with Gasteiger partial charge in [-0.15, -0.1) is 0 Å². The minimum Gasteiger partial charge on any atom is -0.395 e. The standard InChI is InChI=1S/C21H32N2O4/c1-23(19(13-24)21(26)22-27)20(25)10-7-14-5-8-15(9-6-14)16-3-2-4-17-12-18(17)11-16/h5-6,8-9,11,17-22,24-27H,2-4,7,10,12-13H2,1H3. The SMILES string of the molecule is CN(C(O)CCc1ccc(C2=CC3CC3CCC2)cc1)C(CO)C(O)NO. The van der Waals surface area contributed by atoms with Crippen LogP contribution in [0.25, 0.3) is 5.57 Å². The molecule has 0 spiro atoms. The number of allylic oxidation sites excluding steroid dienone is 2. The van der Waals surface area contributed by atoms with E-state index in [9.17, 15) is 15.3 Å². The van der Waals surface area contributed by atoms with Gasteiger partial charge in [0.05, 0.1) is 12.6 Å². The van der Waals surface area contributed by atoms with E-state index in [0.29, 0.717) is 12.8 Å². The highest BCUT2D eigenvalue weighted by molar-refractivity contribution is 5.66. The zero-order valence-corrected chi connectivity index (χ0v) is 16.0. The lowest BCUT2D eigenvalue weighted by Gasteiger charge is -2.33. The maximum atomic E-state index is 10.3. The molecule has 5 atom stereocenters. The summed E-state index contributed by atoms with van der Waals surface area (Å²) >= 11 is 0. The lowest BCUT2D eigenvalue weighted by Crippen LogP contribution is -2.53. The van der Waals surface area contributed by atoms with Gasteiger partial charge in [0.25, 0.3) is 0 Å². The van der Waals surface area contributed by atoms with Crippen LogP contribution in [-0.4, -0.2) is 57.6 Å². The van der Waals surface area contributed by atoms with Crippen molar-refractivity contribution >= 4 is 5.57 Å². The van der Waals surface area contributed by atoms with Crippen molar-refractivity contribution in [2.75, 3.05) is 13.7 Å². The van der Waals surface area contributed by atoms with Crippen LogP contribution < -0.4 is 5.48 Å². The molecule has 0 amide bonds. The third-order valence-electron chi connectivity index (χ3n) is 6.11. The van der Waals surface area contributed by atoms with Gasteiger partial charge in [0.15, 0.2) is 0 Å². The number of hydrogen-bond donors (Lipinski definition) is 5. The summed E-state index contributed by atoms with van der Waals surface area (Å²) in [7, 11) is 1.61. The number of likely N-dealkylation sites (N-methyl/N-ethyl adjacent to an activating group) is 1. The average Bonchev–Trinajstić information content (AvgIpc) is 3.45. The molecule has 1 fully saturated rings. The summed E-state index contributed by atoms with van der Waals surface area (Å²) in [6.45, 7) is -0.381. The Kier molecular flexibility index (Phi) is 7.03. The number of aliphatic hydroxyl groups excluding tert-OH is 3. The van der Waals surface area contributed by atoms with E-state index in [1.807, 2.05) is 0 Å². The minimum absolute atomic E-state index is 0.381. The molecule has 1 aromatic carbocycles. The van der Waals surface area contributed by atoms with Crippen molar-refractivity contribution in [1.82, 2.24) is 10.4 Å². The number of aliphatic hydroxyl groups is 3. The van der Waals surface area contributed by atoms with Gasteiger partial charge in [-0.25, -0.2) is 0 Å². The number of fused-ring (bicyclic) bond motifs is 1. The Balaban J connectivity index is 1.54. The first kappa shape index (κ1) is 20.5. The highest BCUT2D eigenvalue weighted by atomic mass is 16.5. The fourth-order valence-electron chi connectivity index (χ4n) is 4.09. The number of aryl methyl sites for hydroxylation is 1. The van der Waals surface area contributed by atoms with E-state index in [1.165, 1.54) is 41.7 Å². The largest absolute Gasteiger partial charge is 0.395 e. The van der Waals surface area contributed by atoms with Crippen LogP contribution in [0.4, 0.5) is 0 Å². The molecule has 150 valence electrons. The second-order valence-corrected chi connectivity index (χ2v) is 7.95. The van der Waals surface area contributed by atoms with E-state index in [2.05, 4.69) is 30.3 Å². The predicted octanol–water partition coefficient (Wildman–Crippen LogP) is 1.73. The third kappa shape index (κ3) is 5.16. The molecule has 3 rings (SSSR count). The number of hydroxylamine groups is 1. The minimum atomic E-state index is -1.33. The molecule has 0 saturated heterocycles. The molecule has 5 N–H and O–H groups in total. The predicted molar refractivity (Wildman–Crippen MR) is 104 cm³/mol. The molecule has 0 aromatic heterocycles. The molecule has 0 aliphatic heterocycles. The maximum Gasteiger partial charge on any atom is 0.144 e. The monoisotopic (exact) mass is 376 g/mol. The molecule has 2 aliphatic rings. The molecule has 1 aromatic rings. The molecule has 6 heteroatoms. The highest BCUT2D eigenvalue weighted by Crippen LogP contribution is 2.48. The quantitative estimate of drug-likeness (QED) is 0.333. The van der Waals surface area contributed by atoms with Crippen molar-refractivity contribution in [1.29, 1.82) is 0 Å². The summed E-state index contributed by atoms with van der Waals surface area (Å²) in [6, 6.07) is 7.80. The number of nitrogens with one attached hydrogen (secondary N) is 1. The highest BCUT2D eigenvalue weighted by Gasteiger charge is 2.36. The first-order valence-corrected chi connectivity index (χ1v) is 9.92. The molecule has 6 nitrogen and oxygen atoms in total. The van der Waals surface area contributed by atoms with Crippen molar-refractivity contribution in [2.24, 2.45) is 11.8 Å². The molecular formula is C21H32N2O4. The van der Waals surface area contributed by atoms with E-state index < -0.39 is 18.5 Å². The van der Waals surface area contributed by atoms with Gasteiger partial charge < -0.3 is 20.5 Å². The summed E-state index contributed by atoms with van der Waals surface area (Å²) in [6.07, 6.45) is 6.65. The van der Waals surface area contributed by atoms with Crippen molar-refractivity contribution < 1.29 is 20.5 Å². The summed E-state index contributed by atoms with van der Waals surface area (Å²) in [4.78, 5) is 1.46. The average molecular weight is 376 g/mol. The second kappa shape index (κ2) is 9.28. The lowest BCUT2D eigenvalue weighted by molar-refractivity contribution is -0.106. The van der Waals surface area contributed by atoms with Gasteiger partial charge in [-0.2, -0.15) is 5.48 Å². The molecule has 0 bridgehead atoms. The summed E-state index contributed by atoms with van der Waals surface area (Å²) in [5.74, 6) is 1.73. The third-order valence-corrected chi connectivity index (χ3v) is 6.11. The molecule has 0 heterocycles. The Morgan fingerprint density at radius 2 is 1.96 bits per heavy atom. The topological polar surface area (TPSA) is 96.2 Å². The Labute approximate surface area is 161 Å². The van der Waals surface area contributed by atoms with E-state index in [0.717, 1.165) is 17.4 Å². The lowest BCUT2D eigenvalue weighted by atomic mass is 9.98. The van der Waals surface area contributed by atoms with Gasteiger partial charge in [0, 0.05) is 0 Å². The Morgan fingerprint density at radius 1 is 1.22 bits per heavy atom. The Bertz CT molecular complexity index is 634. The zero-order valence-electron chi connectivity index (χ0n) is 16.0.